The SMILES string of the molecule is CCN1CC(=O)N[C@H]1c1cnn(C(C)C)c1. The number of likely N-dealkylation sites (N-methyl/N-ethyl adjacent to an activating group) is 1. The highest BCUT2D eigenvalue weighted by molar-refractivity contribution is 5.80. The fraction of sp³-hybridized carbons (Fsp3) is 0.636. The molecule has 5 heteroatoms. The molecule has 1 aromatic rings. The summed E-state index contributed by atoms with van der Waals surface area (Å²) in [4.78, 5) is 13.5. The van der Waals surface area contributed by atoms with Gasteiger partial charge in [0.25, 0.3) is 0 Å². The van der Waals surface area contributed by atoms with Crippen LogP contribution in [0.15, 0.2) is 12.4 Å². The molecule has 0 radical (unpaired) electrons. The largest absolute Gasteiger partial charge is 0.335 e. The van der Waals surface area contributed by atoms with Crippen LogP contribution in [0.2, 0.25) is 0 Å². The van der Waals surface area contributed by atoms with Crippen LogP contribution in [0, 0.1) is 0 Å². The number of rotatable bonds is 3. The molecular weight excluding hydrogens is 204 g/mol. The predicted octanol–water partition coefficient (Wildman–Crippen LogP) is 0.914. The van der Waals surface area contributed by atoms with Crippen molar-refractivity contribution in [2.45, 2.75) is 33.0 Å². The number of aromatic nitrogens is 2. The van der Waals surface area contributed by atoms with Gasteiger partial charge in [-0.1, -0.05) is 6.92 Å². The zero-order chi connectivity index (χ0) is 11.7. The normalized spacial score (nSPS) is 21.8. The Morgan fingerprint density at radius 3 is 2.94 bits per heavy atom. The Labute approximate surface area is 95.4 Å². The summed E-state index contributed by atoms with van der Waals surface area (Å²) in [6.07, 6.45) is 3.83. The van der Waals surface area contributed by atoms with Crippen LogP contribution in [-0.2, 0) is 4.79 Å². The monoisotopic (exact) mass is 222 g/mol. The van der Waals surface area contributed by atoms with Crippen molar-refractivity contribution in [3.05, 3.63) is 18.0 Å². The van der Waals surface area contributed by atoms with Gasteiger partial charge in [0.15, 0.2) is 0 Å². The first-order valence-corrected chi connectivity index (χ1v) is 5.69. The van der Waals surface area contributed by atoms with Crippen LogP contribution in [0.1, 0.15) is 38.5 Å². The Bertz CT molecular complexity index is 385. The molecule has 0 saturated carbocycles. The molecule has 0 aliphatic carbocycles. The smallest absolute Gasteiger partial charge is 0.235 e. The average molecular weight is 222 g/mol. The average Bonchev–Trinajstić information content (AvgIpc) is 2.82. The van der Waals surface area contributed by atoms with E-state index in [0.29, 0.717) is 12.6 Å². The Hall–Kier alpha value is -1.36. The van der Waals surface area contributed by atoms with Crippen LogP contribution in [0.4, 0.5) is 0 Å². The van der Waals surface area contributed by atoms with Crippen LogP contribution in [0.25, 0.3) is 0 Å². The third-order valence-corrected chi connectivity index (χ3v) is 2.88. The maximum atomic E-state index is 11.4. The minimum Gasteiger partial charge on any atom is -0.335 e. The van der Waals surface area contributed by atoms with Gasteiger partial charge in [-0.3, -0.25) is 14.4 Å². The minimum absolute atomic E-state index is 0.00926. The van der Waals surface area contributed by atoms with Crippen LogP contribution >= 0.6 is 0 Å². The quantitative estimate of drug-likeness (QED) is 0.827. The summed E-state index contributed by atoms with van der Waals surface area (Å²) >= 11 is 0. The van der Waals surface area contributed by atoms with Gasteiger partial charge in [-0.25, -0.2) is 0 Å². The van der Waals surface area contributed by atoms with Crippen molar-refractivity contribution in [1.82, 2.24) is 20.0 Å². The summed E-state index contributed by atoms with van der Waals surface area (Å²) in [5.74, 6) is 0.0872. The summed E-state index contributed by atoms with van der Waals surface area (Å²) in [5.41, 5.74) is 1.06. The van der Waals surface area contributed by atoms with Crippen molar-refractivity contribution < 1.29 is 4.79 Å². The number of amides is 1. The maximum absolute atomic E-state index is 11.4. The first-order valence-electron chi connectivity index (χ1n) is 5.69. The number of hydrogen-bond acceptors (Lipinski definition) is 3. The van der Waals surface area contributed by atoms with Gasteiger partial charge in [0, 0.05) is 17.8 Å². The second-order valence-electron chi connectivity index (χ2n) is 4.38. The van der Waals surface area contributed by atoms with Gasteiger partial charge >= 0.3 is 0 Å². The molecule has 1 fully saturated rings. The van der Waals surface area contributed by atoms with Crippen LogP contribution in [0.3, 0.4) is 0 Å². The number of carbonyl (C=O) groups excluding carboxylic acids is 1. The van der Waals surface area contributed by atoms with E-state index in [4.69, 9.17) is 0 Å². The summed E-state index contributed by atoms with van der Waals surface area (Å²) in [6, 6.07) is 0.348. The van der Waals surface area contributed by atoms with Crippen LogP contribution < -0.4 is 5.32 Å². The highest BCUT2D eigenvalue weighted by Crippen LogP contribution is 2.21. The third kappa shape index (κ3) is 1.95. The van der Waals surface area contributed by atoms with Gasteiger partial charge in [-0.15, -0.1) is 0 Å². The lowest BCUT2D eigenvalue weighted by Gasteiger charge is -2.19. The molecule has 1 aromatic heterocycles. The summed E-state index contributed by atoms with van der Waals surface area (Å²) in [7, 11) is 0. The molecular formula is C11H18N4O. The zero-order valence-corrected chi connectivity index (χ0v) is 9.97. The van der Waals surface area contributed by atoms with Gasteiger partial charge < -0.3 is 5.32 Å². The van der Waals surface area contributed by atoms with Crippen LogP contribution in [-0.4, -0.2) is 33.7 Å². The molecule has 88 valence electrons. The first kappa shape index (κ1) is 11.1. The molecule has 0 unspecified atom stereocenters. The molecule has 2 heterocycles. The fourth-order valence-electron chi connectivity index (χ4n) is 1.93. The topological polar surface area (TPSA) is 50.2 Å². The molecule has 1 aliphatic heterocycles. The lowest BCUT2D eigenvalue weighted by molar-refractivity contribution is -0.118. The summed E-state index contributed by atoms with van der Waals surface area (Å²) < 4.78 is 1.91. The molecule has 1 aliphatic rings. The van der Waals surface area contributed by atoms with Crippen LogP contribution in [0.5, 0.6) is 0 Å². The van der Waals surface area contributed by atoms with Crippen molar-refractivity contribution in [3.63, 3.8) is 0 Å². The molecule has 1 saturated heterocycles. The van der Waals surface area contributed by atoms with Gasteiger partial charge in [0.1, 0.15) is 6.17 Å². The van der Waals surface area contributed by atoms with Crippen molar-refractivity contribution >= 4 is 5.91 Å². The van der Waals surface area contributed by atoms with Crippen molar-refractivity contribution in [3.8, 4) is 0 Å². The predicted molar refractivity (Wildman–Crippen MR) is 60.7 cm³/mol. The number of hydrogen-bond donors (Lipinski definition) is 1. The second kappa shape index (κ2) is 4.25. The minimum atomic E-state index is -0.00926. The molecule has 1 amide bonds. The van der Waals surface area contributed by atoms with E-state index in [9.17, 15) is 4.79 Å². The summed E-state index contributed by atoms with van der Waals surface area (Å²) in [5, 5.41) is 7.25. The number of nitrogens with zero attached hydrogens (tertiary/aromatic N) is 3. The molecule has 1 atom stereocenters. The van der Waals surface area contributed by atoms with E-state index in [1.54, 1.807) is 0 Å². The molecule has 0 bridgehead atoms. The second-order valence-corrected chi connectivity index (χ2v) is 4.38. The van der Waals surface area contributed by atoms with E-state index in [0.717, 1.165) is 12.1 Å². The highest BCUT2D eigenvalue weighted by atomic mass is 16.2. The third-order valence-electron chi connectivity index (χ3n) is 2.88. The lowest BCUT2D eigenvalue weighted by Crippen LogP contribution is -2.27. The lowest BCUT2D eigenvalue weighted by atomic mass is 10.2. The standard InChI is InChI=1S/C11H18N4O/c1-4-14-7-10(16)13-11(14)9-5-12-15(6-9)8(2)3/h5-6,8,11H,4,7H2,1-3H3,(H,13,16)/t11-/m1/s1. The van der Waals surface area contributed by atoms with E-state index in [1.165, 1.54) is 0 Å². The van der Waals surface area contributed by atoms with Crippen molar-refractivity contribution in [2.24, 2.45) is 0 Å². The molecule has 1 N–H and O–H groups in total. The van der Waals surface area contributed by atoms with E-state index in [1.807, 2.05) is 17.1 Å². The first-order chi connectivity index (χ1) is 7.61. The highest BCUT2D eigenvalue weighted by Gasteiger charge is 2.30. The Kier molecular flexibility index (Phi) is 2.96. The van der Waals surface area contributed by atoms with Gasteiger partial charge in [0.05, 0.1) is 12.7 Å². The number of carbonyl (C=O) groups is 1. The molecule has 0 spiro atoms. The van der Waals surface area contributed by atoms with Gasteiger partial charge in [-0.05, 0) is 20.4 Å². The number of nitrogens with one attached hydrogen (secondary N) is 1. The van der Waals surface area contributed by atoms with Crippen molar-refractivity contribution in [2.75, 3.05) is 13.1 Å². The van der Waals surface area contributed by atoms with E-state index in [2.05, 4.69) is 36.1 Å². The maximum Gasteiger partial charge on any atom is 0.235 e. The fourth-order valence-corrected chi connectivity index (χ4v) is 1.93. The zero-order valence-electron chi connectivity index (χ0n) is 9.97. The Morgan fingerprint density at radius 1 is 1.62 bits per heavy atom. The van der Waals surface area contributed by atoms with Crippen molar-refractivity contribution in [1.29, 1.82) is 0 Å². The molecule has 0 aromatic carbocycles. The Balaban J connectivity index is 2.19. The molecule has 16 heavy (non-hydrogen) atoms. The van der Waals surface area contributed by atoms with E-state index < -0.39 is 0 Å². The summed E-state index contributed by atoms with van der Waals surface area (Å²) in [6.45, 7) is 7.56. The van der Waals surface area contributed by atoms with E-state index >= 15 is 0 Å². The molecule has 2 rings (SSSR count). The van der Waals surface area contributed by atoms with E-state index in [-0.39, 0.29) is 12.1 Å². The Morgan fingerprint density at radius 2 is 2.38 bits per heavy atom. The van der Waals surface area contributed by atoms with Gasteiger partial charge in [-0.2, -0.15) is 5.10 Å². The molecule has 5 nitrogen and oxygen atoms in total. The van der Waals surface area contributed by atoms with Gasteiger partial charge in [0.2, 0.25) is 5.91 Å².